The Kier molecular flexibility index (Phi) is 5.69. The van der Waals surface area contributed by atoms with E-state index in [1.165, 1.54) is 6.07 Å². The molecule has 19 heavy (non-hydrogen) atoms. The lowest BCUT2D eigenvalue weighted by Gasteiger charge is -2.21. The number of carbonyl (C=O) groups excluding carboxylic acids is 1. The van der Waals surface area contributed by atoms with Crippen molar-refractivity contribution in [2.24, 2.45) is 0 Å². The predicted molar refractivity (Wildman–Crippen MR) is 72.4 cm³/mol. The first-order valence-corrected chi connectivity index (χ1v) is 6.48. The maximum atomic E-state index is 12.3. The van der Waals surface area contributed by atoms with Crippen LogP contribution in [0.4, 0.5) is 5.69 Å². The number of aromatic nitrogens is 1. The number of pyridine rings is 1. The monoisotopic (exact) mass is 285 g/mol. The van der Waals surface area contributed by atoms with Crippen LogP contribution in [-0.4, -0.2) is 33.8 Å². The Balaban J connectivity index is 3.08. The van der Waals surface area contributed by atoms with Gasteiger partial charge in [0.25, 0.3) is 11.6 Å². The van der Waals surface area contributed by atoms with Crippen LogP contribution in [0.3, 0.4) is 0 Å². The third-order valence-electron chi connectivity index (χ3n) is 2.54. The van der Waals surface area contributed by atoms with Gasteiger partial charge in [0.15, 0.2) is 0 Å². The number of nitrogens with zero attached hydrogens (tertiary/aromatic N) is 3. The summed E-state index contributed by atoms with van der Waals surface area (Å²) in [5, 5.41) is 10.7. The van der Waals surface area contributed by atoms with Crippen LogP contribution in [0.25, 0.3) is 0 Å². The van der Waals surface area contributed by atoms with Gasteiger partial charge in [-0.25, -0.2) is 4.98 Å². The highest BCUT2D eigenvalue weighted by Crippen LogP contribution is 2.21. The van der Waals surface area contributed by atoms with Gasteiger partial charge < -0.3 is 4.90 Å². The number of amides is 1. The van der Waals surface area contributed by atoms with Crippen molar-refractivity contribution in [1.29, 1.82) is 0 Å². The zero-order chi connectivity index (χ0) is 14.4. The first kappa shape index (κ1) is 15.4. The van der Waals surface area contributed by atoms with Gasteiger partial charge in [0.2, 0.25) is 0 Å². The quantitative estimate of drug-likeness (QED) is 0.457. The highest BCUT2D eigenvalue weighted by atomic mass is 35.5. The molecule has 0 bridgehead atoms. The zero-order valence-corrected chi connectivity index (χ0v) is 11.7. The van der Waals surface area contributed by atoms with Gasteiger partial charge in [0.1, 0.15) is 11.3 Å². The van der Waals surface area contributed by atoms with E-state index in [1.54, 1.807) is 4.90 Å². The van der Waals surface area contributed by atoms with Crippen molar-refractivity contribution in [2.75, 3.05) is 13.1 Å². The summed E-state index contributed by atoms with van der Waals surface area (Å²) < 4.78 is 0. The third-order valence-corrected chi connectivity index (χ3v) is 2.84. The molecule has 0 N–H and O–H groups in total. The van der Waals surface area contributed by atoms with Gasteiger partial charge in [0, 0.05) is 19.2 Å². The number of carbonyl (C=O) groups is 1. The number of rotatable bonds is 6. The molecular formula is C12H16ClN3O3. The molecule has 1 rings (SSSR count). The molecule has 0 saturated heterocycles. The molecule has 1 aromatic rings. The van der Waals surface area contributed by atoms with Crippen LogP contribution in [0.5, 0.6) is 0 Å². The predicted octanol–water partition coefficient (Wildman–Crippen LogP) is 2.91. The molecule has 104 valence electrons. The average Bonchev–Trinajstić information content (AvgIpc) is 2.38. The van der Waals surface area contributed by atoms with Crippen molar-refractivity contribution in [2.45, 2.75) is 26.7 Å². The summed E-state index contributed by atoms with van der Waals surface area (Å²) in [5.41, 5.74) is -0.154. The van der Waals surface area contributed by atoms with Crippen LogP contribution in [-0.2, 0) is 0 Å². The van der Waals surface area contributed by atoms with Gasteiger partial charge in [-0.1, -0.05) is 25.4 Å². The van der Waals surface area contributed by atoms with Crippen LogP contribution in [0.1, 0.15) is 37.0 Å². The van der Waals surface area contributed by atoms with E-state index in [9.17, 15) is 14.9 Å². The van der Waals surface area contributed by atoms with Crippen molar-refractivity contribution in [1.82, 2.24) is 9.88 Å². The Hall–Kier alpha value is -1.69. The van der Waals surface area contributed by atoms with Gasteiger partial charge in [-0.15, -0.1) is 0 Å². The van der Waals surface area contributed by atoms with E-state index in [2.05, 4.69) is 4.98 Å². The fourth-order valence-corrected chi connectivity index (χ4v) is 1.90. The van der Waals surface area contributed by atoms with Crippen molar-refractivity contribution < 1.29 is 9.72 Å². The maximum Gasteiger partial charge on any atom is 0.288 e. The van der Waals surface area contributed by atoms with E-state index < -0.39 is 4.92 Å². The van der Waals surface area contributed by atoms with Crippen molar-refractivity contribution >= 4 is 23.2 Å². The standard InChI is InChI=1S/C12H16ClN3O3/c1-3-5-15(6-4-2)12(17)10-7-9(16(18)19)8-14-11(10)13/h7-8H,3-6H2,1-2H3. The first-order chi connectivity index (χ1) is 9.01. The molecule has 0 aliphatic rings. The molecule has 0 aromatic carbocycles. The van der Waals surface area contributed by atoms with E-state index in [1.807, 2.05) is 13.8 Å². The van der Waals surface area contributed by atoms with Gasteiger partial charge >= 0.3 is 0 Å². The molecule has 0 saturated carbocycles. The summed E-state index contributed by atoms with van der Waals surface area (Å²) in [6.45, 7) is 5.10. The van der Waals surface area contributed by atoms with Gasteiger partial charge in [-0.05, 0) is 12.8 Å². The van der Waals surface area contributed by atoms with Gasteiger partial charge in [-0.2, -0.15) is 0 Å². The molecule has 1 heterocycles. The van der Waals surface area contributed by atoms with Crippen molar-refractivity contribution in [3.63, 3.8) is 0 Å². The number of nitro groups is 1. The second-order valence-corrected chi connectivity index (χ2v) is 4.44. The Morgan fingerprint density at radius 3 is 2.47 bits per heavy atom. The minimum atomic E-state index is -0.593. The number of hydrogen-bond acceptors (Lipinski definition) is 4. The van der Waals surface area contributed by atoms with Gasteiger partial charge in [-0.3, -0.25) is 14.9 Å². The molecule has 0 fully saturated rings. The smallest absolute Gasteiger partial charge is 0.288 e. The molecule has 7 heteroatoms. The summed E-state index contributed by atoms with van der Waals surface area (Å²) in [6.07, 6.45) is 2.67. The Labute approximate surface area is 116 Å². The molecule has 0 aliphatic carbocycles. The lowest BCUT2D eigenvalue weighted by molar-refractivity contribution is -0.385. The highest BCUT2D eigenvalue weighted by Gasteiger charge is 2.21. The van der Waals surface area contributed by atoms with E-state index in [0.29, 0.717) is 13.1 Å². The summed E-state index contributed by atoms with van der Waals surface area (Å²) in [4.78, 5) is 27.7. The first-order valence-electron chi connectivity index (χ1n) is 6.10. The Morgan fingerprint density at radius 2 is 2.00 bits per heavy atom. The fraction of sp³-hybridized carbons (Fsp3) is 0.500. The number of halogens is 1. The minimum absolute atomic E-state index is 0.00666. The summed E-state index contributed by atoms with van der Waals surface area (Å²) in [5.74, 6) is -0.315. The van der Waals surface area contributed by atoms with E-state index >= 15 is 0 Å². The normalized spacial score (nSPS) is 10.3. The molecule has 0 radical (unpaired) electrons. The highest BCUT2D eigenvalue weighted by molar-refractivity contribution is 6.32. The third kappa shape index (κ3) is 3.89. The number of hydrogen-bond donors (Lipinski definition) is 0. The fourth-order valence-electron chi connectivity index (χ4n) is 1.71. The van der Waals surface area contributed by atoms with E-state index in [0.717, 1.165) is 19.0 Å². The molecular weight excluding hydrogens is 270 g/mol. The summed E-state index contributed by atoms with van der Waals surface area (Å²) in [7, 11) is 0. The Morgan fingerprint density at radius 1 is 1.42 bits per heavy atom. The summed E-state index contributed by atoms with van der Waals surface area (Å²) in [6, 6.07) is 1.18. The average molecular weight is 286 g/mol. The molecule has 0 aliphatic heterocycles. The molecule has 0 atom stereocenters. The molecule has 6 nitrogen and oxygen atoms in total. The largest absolute Gasteiger partial charge is 0.339 e. The van der Waals surface area contributed by atoms with Crippen molar-refractivity contribution in [3.8, 4) is 0 Å². The minimum Gasteiger partial charge on any atom is -0.339 e. The second kappa shape index (κ2) is 7.04. The maximum absolute atomic E-state index is 12.3. The second-order valence-electron chi connectivity index (χ2n) is 4.08. The molecule has 1 amide bonds. The zero-order valence-electron chi connectivity index (χ0n) is 10.9. The lowest BCUT2D eigenvalue weighted by Crippen LogP contribution is -2.32. The van der Waals surface area contributed by atoms with Crippen LogP contribution >= 0.6 is 11.6 Å². The van der Waals surface area contributed by atoms with E-state index in [4.69, 9.17) is 11.6 Å². The SMILES string of the molecule is CCCN(CCC)C(=O)c1cc([N+](=O)[O-])cnc1Cl. The van der Waals surface area contributed by atoms with Crippen LogP contribution in [0.2, 0.25) is 5.15 Å². The van der Waals surface area contributed by atoms with Gasteiger partial charge in [0.05, 0.1) is 10.5 Å². The van der Waals surface area contributed by atoms with E-state index in [-0.39, 0.29) is 22.3 Å². The van der Waals surface area contributed by atoms with Crippen molar-refractivity contribution in [3.05, 3.63) is 33.1 Å². The van der Waals surface area contributed by atoms with Crippen LogP contribution < -0.4 is 0 Å². The van der Waals surface area contributed by atoms with Crippen LogP contribution in [0, 0.1) is 10.1 Å². The Bertz CT molecular complexity index is 473. The molecule has 0 unspecified atom stereocenters. The van der Waals surface area contributed by atoms with Crippen LogP contribution in [0.15, 0.2) is 12.3 Å². The molecule has 0 spiro atoms. The lowest BCUT2D eigenvalue weighted by atomic mass is 10.2. The molecule has 1 aromatic heterocycles. The topological polar surface area (TPSA) is 76.3 Å². The summed E-state index contributed by atoms with van der Waals surface area (Å²) >= 11 is 5.86.